The number of carbonyl (C=O) groups is 1. The van der Waals surface area contributed by atoms with Crippen LogP contribution in [0.5, 0.6) is 0 Å². The van der Waals surface area contributed by atoms with E-state index in [1.807, 2.05) is 0 Å². The van der Waals surface area contributed by atoms with Gasteiger partial charge in [-0.05, 0) is 18.2 Å². The van der Waals surface area contributed by atoms with Gasteiger partial charge in [-0.2, -0.15) is 0 Å². The number of benzene rings is 1. The molecule has 0 spiro atoms. The van der Waals surface area contributed by atoms with Crippen LogP contribution in [-0.4, -0.2) is 46.8 Å². The molecule has 1 fully saturated rings. The van der Waals surface area contributed by atoms with Crippen molar-refractivity contribution in [2.24, 2.45) is 5.14 Å². The SMILES string of the molecule is NS(=O)(=O)c1cccc(C(=O)NC[C@@H]2COCCO2)c1. The van der Waals surface area contributed by atoms with Crippen molar-refractivity contribution in [3.8, 4) is 0 Å². The highest BCUT2D eigenvalue weighted by atomic mass is 32.2. The fraction of sp³-hybridized carbons (Fsp3) is 0.417. The van der Waals surface area contributed by atoms with E-state index in [1.54, 1.807) is 0 Å². The van der Waals surface area contributed by atoms with Gasteiger partial charge in [-0.3, -0.25) is 4.79 Å². The van der Waals surface area contributed by atoms with Crippen LogP contribution in [0.15, 0.2) is 29.2 Å². The molecule has 1 heterocycles. The molecule has 1 amide bonds. The van der Waals surface area contributed by atoms with E-state index in [0.29, 0.717) is 26.4 Å². The highest BCUT2D eigenvalue weighted by Crippen LogP contribution is 2.10. The van der Waals surface area contributed by atoms with Crippen molar-refractivity contribution >= 4 is 15.9 Å². The first kappa shape index (κ1) is 14.9. The van der Waals surface area contributed by atoms with Crippen molar-refractivity contribution in [3.05, 3.63) is 29.8 Å². The van der Waals surface area contributed by atoms with Gasteiger partial charge < -0.3 is 14.8 Å². The Balaban J connectivity index is 1.98. The summed E-state index contributed by atoms with van der Waals surface area (Å²) in [6, 6.07) is 5.56. The lowest BCUT2D eigenvalue weighted by Gasteiger charge is -2.23. The Morgan fingerprint density at radius 3 is 2.85 bits per heavy atom. The molecule has 8 heteroatoms. The van der Waals surface area contributed by atoms with Gasteiger partial charge in [0.2, 0.25) is 10.0 Å². The molecular weight excluding hydrogens is 284 g/mol. The third kappa shape index (κ3) is 4.01. The van der Waals surface area contributed by atoms with Crippen LogP contribution >= 0.6 is 0 Å². The predicted molar refractivity (Wildman–Crippen MR) is 70.7 cm³/mol. The van der Waals surface area contributed by atoms with Gasteiger partial charge in [0, 0.05) is 12.1 Å². The maximum Gasteiger partial charge on any atom is 0.251 e. The summed E-state index contributed by atoms with van der Waals surface area (Å²) in [6.45, 7) is 1.79. The molecule has 1 saturated heterocycles. The van der Waals surface area contributed by atoms with Gasteiger partial charge >= 0.3 is 0 Å². The minimum Gasteiger partial charge on any atom is -0.376 e. The van der Waals surface area contributed by atoms with E-state index in [-0.39, 0.29) is 22.5 Å². The van der Waals surface area contributed by atoms with Crippen LogP contribution < -0.4 is 10.5 Å². The average molecular weight is 300 g/mol. The Labute approximate surface area is 117 Å². The average Bonchev–Trinajstić information content (AvgIpc) is 2.45. The fourth-order valence-electron chi connectivity index (χ4n) is 1.78. The second-order valence-corrected chi connectivity index (χ2v) is 5.91. The van der Waals surface area contributed by atoms with Gasteiger partial charge in [-0.25, -0.2) is 13.6 Å². The second kappa shape index (κ2) is 6.31. The molecule has 1 aromatic rings. The minimum atomic E-state index is -3.82. The van der Waals surface area contributed by atoms with Gasteiger partial charge in [0.15, 0.2) is 0 Å². The number of sulfonamides is 1. The van der Waals surface area contributed by atoms with Crippen LogP contribution in [0.4, 0.5) is 0 Å². The molecular formula is C12H16N2O5S. The first-order valence-electron chi connectivity index (χ1n) is 6.07. The number of hydrogen-bond donors (Lipinski definition) is 2. The molecule has 0 aromatic heterocycles. The lowest BCUT2D eigenvalue weighted by molar-refractivity contribution is -0.0855. The smallest absolute Gasteiger partial charge is 0.251 e. The maximum absolute atomic E-state index is 11.9. The third-order valence-electron chi connectivity index (χ3n) is 2.80. The van der Waals surface area contributed by atoms with Crippen molar-refractivity contribution in [1.29, 1.82) is 0 Å². The molecule has 0 saturated carbocycles. The first-order chi connectivity index (χ1) is 9.47. The van der Waals surface area contributed by atoms with Crippen LogP contribution in [-0.2, 0) is 19.5 Å². The van der Waals surface area contributed by atoms with E-state index in [1.165, 1.54) is 24.3 Å². The summed E-state index contributed by atoms with van der Waals surface area (Å²) >= 11 is 0. The van der Waals surface area contributed by atoms with Crippen LogP contribution in [0.25, 0.3) is 0 Å². The van der Waals surface area contributed by atoms with Crippen LogP contribution in [0, 0.1) is 0 Å². The second-order valence-electron chi connectivity index (χ2n) is 4.35. The number of primary sulfonamides is 1. The van der Waals surface area contributed by atoms with Gasteiger partial charge in [0.05, 0.1) is 30.8 Å². The summed E-state index contributed by atoms with van der Waals surface area (Å²) in [5.74, 6) is -0.385. The van der Waals surface area contributed by atoms with Crippen molar-refractivity contribution in [2.45, 2.75) is 11.0 Å². The van der Waals surface area contributed by atoms with E-state index in [4.69, 9.17) is 14.6 Å². The minimum absolute atomic E-state index is 0.0950. The zero-order valence-electron chi connectivity index (χ0n) is 10.7. The molecule has 1 aromatic carbocycles. The summed E-state index contributed by atoms with van der Waals surface area (Å²) in [5.41, 5.74) is 0.230. The molecule has 1 atom stereocenters. The van der Waals surface area contributed by atoms with E-state index < -0.39 is 10.0 Å². The first-order valence-corrected chi connectivity index (χ1v) is 7.62. The molecule has 7 nitrogen and oxygen atoms in total. The number of ether oxygens (including phenoxy) is 2. The normalized spacial score (nSPS) is 19.6. The topological polar surface area (TPSA) is 108 Å². The monoisotopic (exact) mass is 300 g/mol. The van der Waals surface area contributed by atoms with E-state index in [0.717, 1.165) is 0 Å². The summed E-state index contributed by atoms with van der Waals surface area (Å²) in [5, 5.41) is 7.69. The number of amides is 1. The number of rotatable bonds is 4. The molecule has 1 aliphatic heterocycles. The molecule has 0 unspecified atom stereocenters. The van der Waals surface area contributed by atoms with Crippen molar-refractivity contribution in [3.63, 3.8) is 0 Å². The highest BCUT2D eigenvalue weighted by Gasteiger charge is 2.16. The molecule has 20 heavy (non-hydrogen) atoms. The van der Waals surface area contributed by atoms with Crippen molar-refractivity contribution < 1.29 is 22.7 Å². The van der Waals surface area contributed by atoms with E-state index >= 15 is 0 Å². The maximum atomic E-state index is 11.9. The predicted octanol–water partition coefficient (Wildman–Crippen LogP) is -0.521. The zero-order chi connectivity index (χ0) is 14.6. The summed E-state index contributed by atoms with van der Waals surface area (Å²) in [4.78, 5) is 11.8. The third-order valence-corrected chi connectivity index (χ3v) is 3.71. The Morgan fingerprint density at radius 2 is 2.20 bits per heavy atom. The summed E-state index contributed by atoms with van der Waals surface area (Å²) < 4.78 is 33.0. The molecule has 0 radical (unpaired) electrons. The van der Waals surface area contributed by atoms with Gasteiger partial charge in [-0.15, -0.1) is 0 Å². The summed E-state index contributed by atoms with van der Waals surface area (Å²) in [7, 11) is -3.82. The van der Waals surface area contributed by atoms with E-state index in [2.05, 4.69) is 5.32 Å². The molecule has 1 aliphatic rings. The molecule has 0 bridgehead atoms. The van der Waals surface area contributed by atoms with Gasteiger partial charge in [0.1, 0.15) is 0 Å². The standard InChI is InChI=1S/C12H16N2O5S/c13-20(16,17)11-3-1-2-9(6-11)12(15)14-7-10-8-18-4-5-19-10/h1-3,6,10H,4-5,7-8H2,(H,14,15)(H2,13,16,17)/t10-/m1/s1. The molecule has 2 rings (SSSR count). The number of nitrogens with one attached hydrogen (secondary N) is 1. The Kier molecular flexibility index (Phi) is 4.71. The highest BCUT2D eigenvalue weighted by molar-refractivity contribution is 7.89. The Hall–Kier alpha value is -1.48. The van der Waals surface area contributed by atoms with Crippen LogP contribution in [0.1, 0.15) is 10.4 Å². The largest absolute Gasteiger partial charge is 0.376 e. The lowest BCUT2D eigenvalue weighted by atomic mass is 10.2. The van der Waals surface area contributed by atoms with Gasteiger partial charge in [0.25, 0.3) is 5.91 Å². The van der Waals surface area contributed by atoms with Crippen molar-refractivity contribution in [2.75, 3.05) is 26.4 Å². The van der Waals surface area contributed by atoms with Crippen molar-refractivity contribution in [1.82, 2.24) is 5.32 Å². The quantitative estimate of drug-likeness (QED) is 0.778. The molecule has 3 N–H and O–H groups in total. The zero-order valence-corrected chi connectivity index (χ0v) is 11.6. The molecule has 0 aliphatic carbocycles. The Bertz CT molecular complexity index is 581. The van der Waals surface area contributed by atoms with Crippen LogP contribution in [0.2, 0.25) is 0 Å². The fourth-order valence-corrected chi connectivity index (χ4v) is 2.34. The Morgan fingerprint density at radius 1 is 1.40 bits per heavy atom. The molecule has 110 valence electrons. The number of hydrogen-bond acceptors (Lipinski definition) is 5. The lowest BCUT2D eigenvalue weighted by Crippen LogP contribution is -2.39. The van der Waals surface area contributed by atoms with Crippen LogP contribution in [0.3, 0.4) is 0 Å². The van der Waals surface area contributed by atoms with Gasteiger partial charge in [-0.1, -0.05) is 6.07 Å². The number of carbonyl (C=O) groups excluding carboxylic acids is 1. The van der Waals surface area contributed by atoms with E-state index in [9.17, 15) is 13.2 Å². The summed E-state index contributed by atoms with van der Waals surface area (Å²) in [6.07, 6.45) is -0.186. The number of nitrogens with two attached hydrogens (primary N) is 1.